The fraction of sp³-hybridized carbons (Fsp3) is 0.714. The van der Waals surface area contributed by atoms with E-state index in [0.29, 0.717) is 5.57 Å². The van der Waals surface area contributed by atoms with Gasteiger partial charge in [-0.2, -0.15) is 5.26 Å². The number of alkyl halides is 2. The molecule has 3 nitrogen and oxygen atoms in total. The van der Waals surface area contributed by atoms with E-state index in [4.69, 9.17) is 0 Å². The van der Waals surface area contributed by atoms with Crippen LogP contribution in [0.3, 0.4) is 0 Å². The number of carbonyl (C=O) groups excluding carboxylic acids is 1. The van der Waals surface area contributed by atoms with Crippen LogP contribution in [0.25, 0.3) is 0 Å². The molecule has 4 rings (SSSR count). The van der Waals surface area contributed by atoms with Crippen molar-refractivity contribution in [2.24, 2.45) is 45.3 Å². The van der Waals surface area contributed by atoms with Crippen LogP contribution in [0, 0.1) is 56.7 Å². The molecule has 7 atom stereocenters. The summed E-state index contributed by atoms with van der Waals surface area (Å²) in [4.78, 5) is 14.4. The SMILES string of the molecule is C=CC(C)(C)C1CCC2(C)C(=CC(=O)C3C4CC(C)(C)CCC4(NC(=C)C(C)(F)F)CCC32)C1(C)/C=C(\C)C#N. The van der Waals surface area contributed by atoms with Gasteiger partial charge in [0.15, 0.2) is 5.78 Å². The summed E-state index contributed by atoms with van der Waals surface area (Å²) >= 11 is 0. The van der Waals surface area contributed by atoms with Gasteiger partial charge in [0.25, 0.3) is 5.92 Å². The number of allylic oxidation sites excluding steroid dienone is 6. The van der Waals surface area contributed by atoms with Crippen LogP contribution in [0.1, 0.15) is 100 Å². The molecule has 0 amide bonds. The average Bonchev–Trinajstić information content (AvgIpc) is 2.84. The number of rotatable bonds is 6. The number of halogens is 2. The Labute approximate surface area is 241 Å². The maximum Gasteiger partial charge on any atom is 0.283 e. The molecule has 3 saturated carbocycles. The van der Waals surface area contributed by atoms with Crippen LogP contribution >= 0.6 is 0 Å². The van der Waals surface area contributed by atoms with E-state index in [2.05, 4.69) is 72.2 Å². The van der Waals surface area contributed by atoms with Gasteiger partial charge in [0, 0.05) is 29.4 Å². The standard InChI is InChI=1S/C35H50F2N2O/c1-11-31(6,7)27-13-14-32(8)24-12-15-35(39-23(3)34(10,36)37)17-16-30(4,5)20-25(35)29(24)26(40)18-28(32)33(27,9)19-22(2)21-38/h11,18-19,24-25,27,29,39H,1,3,12-17,20H2,2,4-10H3/b22-19+. The van der Waals surface area contributed by atoms with Crippen molar-refractivity contribution in [1.29, 1.82) is 5.26 Å². The monoisotopic (exact) mass is 552 g/mol. The van der Waals surface area contributed by atoms with Crippen molar-refractivity contribution < 1.29 is 13.6 Å². The predicted molar refractivity (Wildman–Crippen MR) is 158 cm³/mol. The van der Waals surface area contributed by atoms with Crippen molar-refractivity contribution in [1.82, 2.24) is 5.32 Å². The molecular weight excluding hydrogens is 502 g/mol. The molecule has 1 N–H and O–H groups in total. The highest BCUT2D eigenvalue weighted by Crippen LogP contribution is 2.68. The summed E-state index contributed by atoms with van der Waals surface area (Å²) in [6.45, 7) is 24.1. The molecule has 7 unspecified atom stereocenters. The molecule has 4 aliphatic rings. The fourth-order valence-corrected chi connectivity index (χ4v) is 9.61. The first-order valence-corrected chi connectivity index (χ1v) is 15.1. The van der Waals surface area contributed by atoms with Crippen molar-refractivity contribution >= 4 is 5.78 Å². The lowest BCUT2D eigenvalue weighted by Crippen LogP contribution is -2.65. The van der Waals surface area contributed by atoms with Crippen molar-refractivity contribution in [3.05, 3.63) is 48.2 Å². The molecule has 0 saturated heterocycles. The zero-order valence-electron chi connectivity index (χ0n) is 26.0. The Bertz CT molecular complexity index is 1200. The molecule has 0 aromatic rings. The number of nitrogens with zero attached hydrogens (tertiary/aromatic N) is 1. The smallest absolute Gasteiger partial charge is 0.283 e. The molecule has 3 fully saturated rings. The Morgan fingerprint density at radius 3 is 2.33 bits per heavy atom. The van der Waals surface area contributed by atoms with E-state index in [1.807, 2.05) is 19.1 Å². The zero-order valence-corrected chi connectivity index (χ0v) is 26.0. The highest BCUT2D eigenvalue weighted by Gasteiger charge is 2.64. The highest BCUT2D eigenvalue weighted by atomic mass is 19.3. The second-order valence-corrected chi connectivity index (χ2v) is 15.5. The predicted octanol–water partition coefficient (Wildman–Crippen LogP) is 8.95. The molecule has 40 heavy (non-hydrogen) atoms. The second kappa shape index (κ2) is 9.67. The number of carbonyl (C=O) groups is 1. The van der Waals surface area contributed by atoms with Crippen molar-refractivity contribution in [2.45, 2.75) is 112 Å². The lowest BCUT2D eigenvalue weighted by molar-refractivity contribution is -0.139. The molecule has 0 spiro atoms. The molecule has 4 aliphatic carbocycles. The summed E-state index contributed by atoms with van der Waals surface area (Å²) in [5.74, 6) is -2.83. The number of ketones is 1. The third-order valence-corrected chi connectivity index (χ3v) is 11.9. The van der Waals surface area contributed by atoms with Gasteiger partial charge in [0.05, 0.1) is 11.8 Å². The third-order valence-electron chi connectivity index (χ3n) is 11.9. The summed E-state index contributed by atoms with van der Waals surface area (Å²) in [5, 5.41) is 13.0. The normalized spacial score (nSPS) is 39.6. The Morgan fingerprint density at radius 1 is 1.10 bits per heavy atom. The molecule has 220 valence electrons. The number of hydrogen-bond acceptors (Lipinski definition) is 3. The van der Waals surface area contributed by atoms with Crippen molar-refractivity contribution in [2.75, 3.05) is 0 Å². The van der Waals surface area contributed by atoms with Crippen LogP contribution in [-0.4, -0.2) is 17.2 Å². The number of nitrogens with one attached hydrogen (secondary N) is 1. The summed E-state index contributed by atoms with van der Waals surface area (Å²) in [6, 6.07) is 2.33. The zero-order chi connectivity index (χ0) is 30.1. The maximum atomic E-state index is 14.4. The van der Waals surface area contributed by atoms with Crippen molar-refractivity contribution in [3.63, 3.8) is 0 Å². The fourth-order valence-electron chi connectivity index (χ4n) is 9.61. The van der Waals surface area contributed by atoms with Gasteiger partial charge >= 0.3 is 0 Å². The van der Waals surface area contributed by atoms with E-state index in [9.17, 15) is 18.8 Å². The molecule has 0 bridgehead atoms. The molecule has 0 radical (unpaired) electrons. The van der Waals surface area contributed by atoms with Crippen LogP contribution < -0.4 is 5.32 Å². The van der Waals surface area contributed by atoms with Gasteiger partial charge in [-0.3, -0.25) is 4.79 Å². The summed E-state index contributed by atoms with van der Waals surface area (Å²) in [5.41, 5.74) is 0.180. The van der Waals surface area contributed by atoms with Crippen LogP contribution in [0.2, 0.25) is 0 Å². The van der Waals surface area contributed by atoms with E-state index in [1.165, 1.54) is 0 Å². The Hall–Kier alpha value is -2.22. The summed E-state index contributed by atoms with van der Waals surface area (Å²) < 4.78 is 28.8. The van der Waals surface area contributed by atoms with E-state index >= 15 is 0 Å². The van der Waals surface area contributed by atoms with E-state index in [0.717, 1.165) is 57.4 Å². The highest BCUT2D eigenvalue weighted by molar-refractivity contribution is 5.95. The van der Waals surface area contributed by atoms with Gasteiger partial charge in [-0.25, -0.2) is 8.78 Å². The van der Waals surface area contributed by atoms with Crippen LogP contribution in [0.4, 0.5) is 8.78 Å². The first kappa shape index (κ1) is 30.7. The first-order valence-electron chi connectivity index (χ1n) is 15.1. The van der Waals surface area contributed by atoms with Gasteiger partial charge in [-0.1, -0.05) is 65.8 Å². The maximum absolute atomic E-state index is 14.4. The van der Waals surface area contributed by atoms with Crippen LogP contribution in [-0.2, 0) is 4.79 Å². The average molecular weight is 553 g/mol. The van der Waals surface area contributed by atoms with Gasteiger partial charge < -0.3 is 5.32 Å². The Balaban J connectivity index is 1.86. The molecule has 5 heteroatoms. The molecule has 0 aromatic heterocycles. The summed E-state index contributed by atoms with van der Waals surface area (Å²) in [6.07, 6.45) is 12.1. The molecule has 0 aliphatic heterocycles. The minimum atomic E-state index is -3.03. The van der Waals surface area contributed by atoms with E-state index in [1.54, 1.807) is 0 Å². The van der Waals surface area contributed by atoms with Crippen LogP contribution in [0.5, 0.6) is 0 Å². The van der Waals surface area contributed by atoms with Crippen molar-refractivity contribution in [3.8, 4) is 6.07 Å². The summed E-state index contributed by atoms with van der Waals surface area (Å²) in [7, 11) is 0. The first-order chi connectivity index (χ1) is 18.3. The van der Waals surface area contributed by atoms with Gasteiger partial charge in [0.2, 0.25) is 0 Å². The van der Waals surface area contributed by atoms with Gasteiger partial charge in [-0.05, 0) is 91.9 Å². The Kier molecular flexibility index (Phi) is 7.43. The van der Waals surface area contributed by atoms with Crippen LogP contribution in [0.15, 0.2) is 48.2 Å². The minimum absolute atomic E-state index is 0.0335. The lowest BCUT2D eigenvalue weighted by atomic mass is 9.40. The lowest BCUT2D eigenvalue weighted by Gasteiger charge is -2.65. The molecule has 0 heterocycles. The van der Waals surface area contributed by atoms with E-state index in [-0.39, 0.29) is 51.4 Å². The van der Waals surface area contributed by atoms with E-state index < -0.39 is 16.9 Å². The second-order valence-electron chi connectivity index (χ2n) is 15.5. The largest absolute Gasteiger partial charge is 0.378 e. The number of fused-ring (bicyclic) bond motifs is 5. The topological polar surface area (TPSA) is 52.9 Å². The quantitative estimate of drug-likeness (QED) is 0.264. The molecular formula is C35H50F2N2O. The number of hydrogen-bond donors (Lipinski definition) is 1. The molecule has 0 aromatic carbocycles. The van der Waals surface area contributed by atoms with Gasteiger partial charge in [0.1, 0.15) is 0 Å². The Morgan fingerprint density at radius 2 is 1.75 bits per heavy atom. The van der Waals surface area contributed by atoms with Gasteiger partial charge in [-0.15, -0.1) is 6.58 Å². The third kappa shape index (κ3) is 4.82. The number of nitriles is 1. The minimum Gasteiger partial charge on any atom is -0.378 e.